The summed E-state index contributed by atoms with van der Waals surface area (Å²) in [6, 6.07) is 15.3. The zero-order chi connectivity index (χ0) is 14.5. The van der Waals surface area contributed by atoms with Crippen molar-refractivity contribution in [1.29, 1.82) is 0 Å². The molecule has 3 N–H and O–H groups in total. The number of nitrogens with two attached hydrogens (primary N) is 1. The van der Waals surface area contributed by atoms with Gasteiger partial charge in [0.1, 0.15) is 0 Å². The van der Waals surface area contributed by atoms with Crippen LogP contribution in [-0.2, 0) is 0 Å². The van der Waals surface area contributed by atoms with E-state index in [1.807, 2.05) is 18.2 Å². The normalized spacial score (nSPS) is 11.9. The van der Waals surface area contributed by atoms with E-state index >= 15 is 0 Å². The molecule has 0 spiro atoms. The van der Waals surface area contributed by atoms with Crippen LogP contribution in [0.2, 0.25) is 0 Å². The molecule has 4 heteroatoms. The van der Waals surface area contributed by atoms with E-state index in [0.717, 1.165) is 4.47 Å². The van der Waals surface area contributed by atoms with Gasteiger partial charge in [0, 0.05) is 22.3 Å². The number of nitrogens with one attached hydrogen (secondary N) is 1. The van der Waals surface area contributed by atoms with Gasteiger partial charge < -0.3 is 11.1 Å². The second-order valence-corrected chi connectivity index (χ2v) is 5.61. The fourth-order valence-electron chi connectivity index (χ4n) is 1.93. The van der Waals surface area contributed by atoms with Crippen LogP contribution in [0.5, 0.6) is 0 Å². The molecule has 0 aliphatic rings. The van der Waals surface area contributed by atoms with Crippen LogP contribution in [0.4, 0.5) is 5.69 Å². The molecule has 0 saturated heterocycles. The molecular formula is C16H17BrN2O. The third-order valence-electron chi connectivity index (χ3n) is 3.20. The molecule has 0 aromatic heterocycles. The van der Waals surface area contributed by atoms with Crippen LogP contribution in [0.25, 0.3) is 0 Å². The molecular weight excluding hydrogens is 316 g/mol. The summed E-state index contributed by atoms with van der Waals surface area (Å²) in [6.45, 7) is 2.68. The van der Waals surface area contributed by atoms with Crippen molar-refractivity contribution >= 4 is 27.5 Å². The Labute approximate surface area is 127 Å². The quantitative estimate of drug-likeness (QED) is 0.841. The molecule has 0 saturated carbocycles. The Balaban J connectivity index is 1.97. The van der Waals surface area contributed by atoms with Crippen molar-refractivity contribution in [2.75, 3.05) is 12.3 Å². The van der Waals surface area contributed by atoms with Crippen LogP contribution in [0, 0.1) is 0 Å². The highest BCUT2D eigenvalue weighted by Gasteiger charge is 2.10. The Hall–Kier alpha value is -1.81. The SMILES string of the molecule is CC(CNC(=O)c1ccc(Br)c(N)c1)c1ccccc1. The molecule has 0 bridgehead atoms. The summed E-state index contributed by atoms with van der Waals surface area (Å²) < 4.78 is 0.798. The smallest absolute Gasteiger partial charge is 0.251 e. The maximum atomic E-state index is 12.1. The van der Waals surface area contributed by atoms with Crippen molar-refractivity contribution in [1.82, 2.24) is 5.32 Å². The van der Waals surface area contributed by atoms with Crippen LogP contribution in [-0.4, -0.2) is 12.5 Å². The lowest BCUT2D eigenvalue weighted by atomic mass is 10.0. The number of rotatable bonds is 4. The van der Waals surface area contributed by atoms with E-state index in [-0.39, 0.29) is 11.8 Å². The number of hydrogen-bond acceptors (Lipinski definition) is 2. The van der Waals surface area contributed by atoms with Crippen molar-refractivity contribution in [3.8, 4) is 0 Å². The predicted octanol–water partition coefficient (Wildman–Crippen LogP) is 3.56. The van der Waals surface area contributed by atoms with Crippen molar-refractivity contribution in [2.24, 2.45) is 0 Å². The minimum atomic E-state index is -0.105. The molecule has 3 nitrogen and oxygen atoms in total. The molecule has 2 aromatic rings. The van der Waals surface area contributed by atoms with Crippen molar-refractivity contribution in [3.05, 3.63) is 64.1 Å². The van der Waals surface area contributed by atoms with Gasteiger partial charge in [-0.05, 0) is 45.6 Å². The average Bonchev–Trinajstić information content (AvgIpc) is 2.48. The lowest BCUT2D eigenvalue weighted by Gasteiger charge is -2.13. The van der Waals surface area contributed by atoms with E-state index < -0.39 is 0 Å². The maximum absolute atomic E-state index is 12.1. The van der Waals surface area contributed by atoms with Crippen LogP contribution in [0.15, 0.2) is 53.0 Å². The summed E-state index contributed by atoms with van der Waals surface area (Å²) in [5.41, 5.74) is 8.13. The monoisotopic (exact) mass is 332 g/mol. The molecule has 20 heavy (non-hydrogen) atoms. The topological polar surface area (TPSA) is 55.1 Å². The molecule has 1 atom stereocenters. The highest BCUT2D eigenvalue weighted by molar-refractivity contribution is 9.10. The minimum absolute atomic E-state index is 0.105. The second-order valence-electron chi connectivity index (χ2n) is 4.76. The highest BCUT2D eigenvalue weighted by Crippen LogP contribution is 2.20. The second kappa shape index (κ2) is 6.57. The summed E-state index contributed by atoms with van der Waals surface area (Å²) in [5.74, 6) is 0.167. The molecule has 2 rings (SSSR count). The number of halogens is 1. The fourth-order valence-corrected chi connectivity index (χ4v) is 2.18. The lowest BCUT2D eigenvalue weighted by molar-refractivity contribution is 0.0951. The van der Waals surface area contributed by atoms with Gasteiger partial charge in [0.2, 0.25) is 0 Å². The number of amides is 1. The molecule has 0 heterocycles. The Morgan fingerprint density at radius 3 is 2.60 bits per heavy atom. The molecule has 0 fully saturated rings. The zero-order valence-corrected chi connectivity index (χ0v) is 12.9. The third-order valence-corrected chi connectivity index (χ3v) is 3.92. The first kappa shape index (κ1) is 14.6. The summed E-state index contributed by atoms with van der Waals surface area (Å²) in [7, 11) is 0. The Morgan fingerprint density at radius 1 is 1.25 bits per heavy atom. The largest absolute Gasteiger partial charge is 0.398 e. The molecule has 2 aromatic carbocycles. The first-order valence-corrected chi connectivity index (χ1v) is 7.25. The van der Waals surface area contributed by atoms with Gasteiger partial charge in [-0.2, -0.15) is 0 Å². The molecule has 1 unspecified atom stereocenters. The van der Waals surface area contributed by atoms with E-state index in [2.05, 4.69) is 40.3 Å². The number of anilines is 1. The van der Waals surface area contributed by atoms with E-state index in [1.54, 1.807) is 18.2 Å². The molecule has 1 amide bonds. The standard InChI is InChI=1S/C16H17BrN2O/c1-11(12-5-3-2-4-6-12)10-19-16(20)13-7-8-14(17)15(18)9-13/h2-9,11H,10,18H2,1H3,(H,19,20). The van der Waals surface area contributed by atoms with Gasteiger partial charge in [0.25, 0.3) is 5.91 Å². The summed E-state index contributed by atoms with van der Waals surface area (Å²) >= 11 is 3.31. The number of hydrogen-bond donors (Lipinski definition) is 2. The van der Waals surface area contributed by atoms with Crippen molar-refractivity contribution in [3.63, 3.8) is 0 Å². The van der Waals surface area contributed by atoms with Gasteiger partial charge in [-0.1, -0.05) is 37.3 Å². The van der Waals surface area contributed by atoms with Gasteiger partial charge in [-0.25, -0.2) is 0 Å². The van der Waals surface area contributed by atoms with E-state index in [1.165, 1.54) is 5.56 Å². The average molecular weight is 333 g/mol. The Morgan fingerprint density at radius 2 is 1.95 bits per heavy atom. The van der Waals surface area contributed by atoms with Gasteiger partial charge in [-0.15, -0.1) is 0 Å². The Bertz CT molecular complexity index is 599. The van der Waals surface area contributed by atoms with Crippen LogP contribution >= 0.6 is 15.9 Å². The van der Waals surface area contributed by atoms with Crippen molar-refractivity contribution < 1.29 is 4.79 Å². The number of nitrogen functional groups attached to an aromatic ring is 1. The van der Waals surface area contributed by atoms with Crippen LogP contribution in [0.3, 0.4) is 0 Å². The van der Waals surface area contributed by atoms with Gasteiger partial charge in [0.15, 0.2) is 0 Å². The van der Waals surface area contributed by atoms with Gasteiger partial charge in [0.05, 0.1) is 0 Å². The molecule has 0 aliphatic heterocycles. The fraction of sp³-hybridized carbons (Fsp3) is 0.188. The first-order valence-electron chi connectivity index (χ1n) is 6.46. The van der Waals surface area contributed by atoms with Crippen LogP contribution < -0.4 is 11.1 Å². The predicted molar refractivity (Wildman–Crippen MR) is 85.7 cm³/mol. The van der Waals surface area contributed by atoms with Crippen molar-refractivity contribution in [2.45, 2.75) is 12.8 Å². The number of carbonyl (C=O) groups excluding carboxylic acids is 1. The molecule has 0 radical (unpaired) electrons. The molecule has 0 aliphatic carbocycles. The first-order chi connectivity index (χ1) is 9.58. The number of benzene rings is 2. The van der Waals surface area contributed by atoms with Gasteiger partial charge >= 0.3 is 0 Å². The Kier molecular flexibility index (Phi) is 4.79. The zero-order valence-electron chi connectivity index (χ0n) is 11.3. The van der Waals surface area contributed by atoms with E-state index in [0.29, 0.717) is 17.8 Å². The summed E-state index contributed by atoms with van der Waals surface area (Å²) in [6.07, 6.45) is 0. The van der Waals surface area contributed by atoms with Gasteiger partial charge in [-0.3, -0.25) is 4.79 Å². The summed E-state index contributed by atoms with van der Waals surface area (Å²) in [4.78, 5) is 12.1. The number of carbonyl (C=O) groups is 1. The summed E-state index contributed by atoms with van der Waals surface area (Å²) in [5, 5.41) is 2.93. The van der Waals surface area contributed by atoms with E-state index in [4.69, 9.17) is 5.73 Å². The maximum Gasteiger partial charge on any atom is 0.251 e. The minimum Gasteiger partial charge on any atom is -0.398 e. The molecule has 104 valence electrons. The highest BCUT2D eigenvalue weighted by atomic mass is 79.9. The van der Waals surface area contributed by atoms with E-state index in [9.17, 15) is 4.79 Å². The third kappa shape index (κ3) is 3.61. The van der Waals surface area contributed by atoms with Crippen LogP contribution in [0.1, 0.15) is 28.8 Å². The lowest BCUT2D eigenvalue weighted by Crippen LogP contribution is -2.27.